The zero-order chi connectivity index (χ0) is 14.0. The number of nitrogens with one attached hydrogen (secondary N) is 2. The molecule has 0 saturated carbocycles. The van der Waals surface area contributed by atoms with E-state index in [9.17, 15) is 13.2 Å². The smallest absolute Gasteiger partial charge is 0.342 e. The van der Waals surface area contributed by atoms with Gasteiger partial charge >= 0.3 is 5.97 Å². The Morgan fingerprint density at radius 2 is 2.11 bits per heavy atom. The van der Waals surface area contributed by atoms with Crippen molar-refractivity contribution in [2.45, 2.75) is 38.3 Å². The third-order valence-electron chi connectivity index (χ3n) is 1.81. The number of esters is 1. The number of carbonyl (C=O) groups excluding carboxylic acids is 1. The molecule has 18 heavy (non-hydrogen) atoms. The molecule has 0 radical (unpaired) electrons. The summed E-state index contributed by atoms with van der Waals surface area (Å²) in [4.78, 5) is 11.6. The van der Waals surface area contributed by atoms with Crippen LogP contribution in [-0.4, -0.2) is 36.7 Å². The van der Waals surface area contributed by atoms with Gasteiger partial charge < -0.3 is 4.74 Å². The van der Waals surface area contributed by atoms with Crippen molar-refractivity contribution >= 4 is 16.0 Å². The average Bonchev–Trinajstić information content (AvgIpc) is 2.62. The second kappa shape index (κ2) is 5.07. The van der Waals surface area contributed by atoms with Gasteiger partial charge in [0.2, 0.25) is 0 Å². The highest BCUT2D eigenvalue weighted by Crippen LogP contribution is 2.15. The molecule has 0 amide bonds. The maximum atomic E-state index is 12.0. The first-order valence-electron chi connectivity index (χ1n) is 5.42. The monoisotopic (exact) mass is 275 g/mol. The number of hydrogen-bond donors (Lipinski definition) is 2. The molecule has 102 valence electrons. The SMILES string of the molecule is CCOC(=O)c1cn[nH]c1S(=O)(=O)NC(C)(C)C. The summed E-state index contributed by atoms with van der Waals surface area (Å²) in [5.74, 6) is -0.722. The van der Waals surface area contributed by atoms with E-state index in [1.54, 1.807) is 27.7 Å². The molecule has 0 aliphatic carbocycles. The van der Waals surface area contributed by atoms with Crippen LogP contribution in [0.4, 0.5) is 0 Å². The molecule has 1 heterocycles. The van der Waals surface area contributed by atoms with Crippen molar-refractivity contribution < 1.29 is 17.9 Å². The first kappa shape index (κ1) is 14.7. The zero-order valence-corrected chi connectivity index (χ0v) is 11.6. The van der Waals surface area contributed by atoms with Gasteiger partial charge in [0.25, 0.3) is 10.0 Å². The van der Waals surface area contributed by atoms with Gasteiger partial charge in [0.05, 0.1) is 12.8 Å². The van der Waals surface area contributed by atoms with E-state index >= 15 is 0 Å². The van der Waals surface area contributed by atoms with E-state index in [-0.39, 0.29) is 17.2 Å². The van der Waals surface area contributed by atoms with Crippen molar-refractivity contribution in [3.8, 4) is 0 Å². The summed E-state index contributed by atoms with van der Waals surface area (Å²) in [5, 5.41) is 5.60. The van der Waals surface area contributed by atoms with Gasteiger partial charge in [0.1, 0.15) is 5.56 Å². The molecule has 1 aromatic rings. The van der Waals surface area contributed by atoms with Crippen molar-refractivity contribution in [3.63, 3.8) is 0 Å². The van der Waals surface area contributed by atoms with Crippen LogP contribution in [0.1, 0.15) is 38.1 Å². The van der Waals surface area contributed by atoms with E-state index < -0.39 is 21.5 Å². The number of rotatable bonds is 4. The summed E-state index contributed by atoms with van der Waals surface area (Å²) in [6.45, 7) is 6.90. The Bertz CT molecular complexity index is 528. The number of hydrogen-bond acceptors (Lipinski definition) is 5. The van der Waals surface area contributed by atoms with Crippen LogP contribution in [-0.2, 0) is 14.8 Å². The van der Waals surface area contributed by atoms with Crippen LogP contribution in [0.3, 0.4) is 0 Å². The Labute approximate surface area is 106 Å². The lowest BCUT2D eigenvalue weighted by Crippen LogP contribution is -2.41. The Morgan fingerprint density at radius 3 is 2.61 bits per heavy atom. The van der Waals surface area contributed by atoms with E-state index in [0.29, 0.717) is 0 Å². The quantitative estimate of drug-likeness (QED) is 0.786. The third-order valence-corrected chi connectivity index (χ3v) is 3.54. The summed E-state index contributed by atoms with van der Waals surface area (Å²) in [7, 11) is -3.84. The number of aromatic amines is 1. The first-order valence-corrected chi connectivity index (χ1v) is 6.90. The van der Waals surface area contributed by atoms with Crippen LogP contribution in [0.25, 0.3) is 0 Å². The molecule has 0 fully saturated rings. The van der Waals surface area contributed by atoms with E-state index in [4.69, 9.17) is 4.74 Å². The van der Waals surface area contributed by atoms with Gasteiger partial charge in [-0.1, -0.05) is 0 Å². The second-order valence-corrected chi connectivity index (χ2v) is 6.31. The lowest BCUT2D eigenvalue weighted by molar-refractivity contribution is 0.0521. The van der Waals surface area contributed by atoms with Gasteiger partial charge in [-0.05, 0) is 27.7 Å². The van der Waals surface area contributed by atoms with Crippen molar-refractivity contribution in [1.82, 2.24) is 14.9 Å². The highest BCUT2D eigenvalue weighted by Gasteiger charge is 2.29. The van der Waals surface area contributed by atoms with Crippen LogP contribution in [0.5, 0.6) is 0 Å². The van der Waals surface area contributed by atoms with Crippen molar-refractivity contribution in [1.29, 1.82) is 0 Å². The number of sulfonamides is 1. The number of H-pyrrole nitrogens is 1. The lowest BCUT2D eigenvalue weighted by Gasteiger charge is -2.19. The van der Waals surface area contributed by atoms with E-state index in [1.165, 1.54) is 0 Å². The molecule has 1 rings (SSSR count). The Morgan fingerprint density at radius 1 is 1.50 bits per heavy atom. The van der Waals surface area contributed by atoms with Gasteiger partial charge in [-0.15, -0.1) is 0 Å². The topological polar surface area (TPSA) is 101 Å². The molecule has 0 aliphatic heterocycles. The van der Waals surface area contributed by atoms with Crippen LogP contribution in [0.15, 0.2) is 11.2 Å². The highest BCUT2D eigenvalue weighted by atomic mass is 32.2. The second-order valence-electron chi connectivity index (χ2n) is 4.69. The van der Waals surface area contributed by atoms with Crippen molar-refractivity contribution in [2.24, 2.45) is 0 Å². The van der Waals surface area contributed by atoms with E-state index in [0.717, 1.165) is 6.20 Å². The summed E-state index contributed by atoms with van der Waals surface area (Å²) < 4.78 is 31.3. The van der Waals surface area contributed by atoms with Crippen molar-refractivity contribution in [2.75, 3.05) is 6.61 Å². The van der Waals surface area contributed by atoms with Gasteiger partial charge in [-0.3, -0.25) is 5.10 Å². The molecule has 0 spiro atoms. The third kappa shape index (κ3) is 3.54. The van der Waals surface area contributed by atoms with Crippen molar-refractivity contribution in [3.05, 3.63) is 11.8 Å². The highest BCUT2D eigenvalue weighted by molar-refractivity contribution is 7.89. The normalized spacial score (nSPS) is 12.4. The van der Waals surface area contributed by atoms with Crippen LogP contribution < -0.4 is 4.72 Å². The van der Waals surface area contributed by atoms with E-state index in [1.807, 2.05) is 0 Å². The molecule has 1 aromatic heterocycles. The molecule has 0 atom stereocenters. The minimum absolute atomic E-state index is 0.103. The molecule has 2 N–H and O–H groups in total. The predicted octanol–water partition coefficient (Wildman–Crippen LogP) is 0.663. The summed E-state index contributed by atoms with van der Waals surface area (Å²) >= 11 is 0. The number of ether oxygens (including phenoxy) is 1. The lowest BCUT2D eigenvalue weighted by atomic mass is 10.1. The van der Waals surface area contributed by atoms with Crippen LogP contribution in [0, 0.1) is 0 Å². The molecule has 0 aliphatic rings. The Kier molecular flexibility index (Phi) is 4.12. The molecule has 0 aromatic carbocycles. The van der Waals surface area contributed by atoms with Gasteiger partial charge in [0, 0.05) is 5.54 Å². The Balaban J connectivity index is 3.11. The van der Waals surface area contributed by atoms with E-state index in [2.05, 4.69) is 14.9 Å². The molecule has 7 nitrogen and oxygen atoms in total. The first-order chi connectivity index (χ1) is 8.17. The fourth-order valence-electron chi connectivity index (χ4n) is 1.29. The zero-order valence-electron chi connectivity index (χ0n) is 10.8. The maximum absolute atomic E-state index is 12.0. The van der Waals surface area contributed by atoms with Crippen LogP contribution >= 0.6 is 0 Å². The number of nitrogens with zero attached hydrogens (tertiary/aromatic N) is 1. The molecule has 0 saturated heterocycles. The summed E-state index contributed by atoms with van der Waals surface area (Å²) in [6, 6.07) is 0. The fraction of sp³-hybridized carbons (Fsp3) is 0.600. The fourth-order valence-corrected chi connectivity index (χ4v) is 2.79. The van der Waals surface area contributed by atoms with Gasteiger partial charge in [0.15, 0.2) is 5.03 Å². The standard InChI is InChI=1S/C10H17N3O4S/c1-5-17-9(14)7-6-11-12-8(7)18(15,16)13-10(2,3)4/h6,13H,5H2,1-4H3,(H,11,12). The molecule has 8 heteroatoms. The molecule has 0 unspecified atom stereocenters. The number of carbonyl (C=O) groups is 1. The number of aromatic nitrogens is 2. The minimum atomic E-state index is -3.84. The summed E-state index contributed by atoms with van der Waals surface area (Å²) in [5.41, 5.74) is -0.760. The molecular weight excluding hydrogens is 258 g/mol. The maximum Gasteiger partial charge on any atom is 0.342 e. The minimum Gasteiger partial charge on any atom is -0.462 e. The largest absolute Gasteiger partial charge is 0.462 e. The predicted molar refractivity (Wildman–Crippen MR) is 64.6 cm³/mol. The van der Waals surface area contributed by atoms with Crippen LogP contribution in [0.2, 0.25) is 0 Å². The average molecular weight is 275 g/mol. The van der Waals surface area contributed by atoms with Gasteiger partial charge in [-0.2, -0.15) is 5.10 Å². The van der Waals surface area contributed by atoms with Gasteiger partial charge in [-0.25, -0.2) is 17.9 Å². The molecular formula is C10H17N3O4S. The molecule has 0 bridgehead atoms. The Hall–Kier alpha value is -1.41. The summed E-state index contributed by atoms with van der Waals surface area (Å²) in [6.07, 6.45) is 1.13.